The summed E-state index contributed by atoms with van der Waals surface area (Å²) in [5.41, 5.74) is 0.890. The third-order valence-electron chi connectivity index (χ3n) is 5.56. The zero-order chi connectivity index (χ0) is 22.0. The van der Waals surface area contributed by atoms with Crippen molar-refractivity contribution in [3.63, 3.8) is 0 Å². The predicted octanol–water partition coefficient (Wildman–Crippen LogP) is 4.13. The Hall–Kier alpha value is -2.33. The van der Waals surface area contributed by atoms with Crippen LogP contribution in [-0.4, -0.2) is 49.2 Å². The zero-order valence-corrected chi connectivity index (χ0v) is 19.8. The van der Waals surface area contributed by atoms with E-state index >= 15 is 0 Å². The quantitative estimate of drug-likeness (QED) is 0.518. The molecule has 0 amide bonds. The molecule has 166 valence electrons. The highest BCUT2D eigenvalue weighted by Crippen LogP contribution is 2.29. The normalized spacial score (nSPS) is 17.1. The molecular weight excluding hydrogens is 434 g/mol. The maximum absolute atomic E-state index is 11.5. The van der Waals surface area contributed by atoms with Gasteiger partial charge in [0.05, 0.1) is 0 Å². The average molecular weight is 462 g/mol. The van der Waals surface area contributed by atoms with E-state index in [0.29, 0.717) is 23.0 Å². The van der Waals surface area contributed by atoms with Crippen LogP contribution in [0.4, 0.5) is 6.01 Å². The third-order valence-corrected chi connectivity index (χ3v) is 7.10. The summed E-state index contributed by atoms with van der Waals surface area (Å²) in [6, 6.07) is 8.09. The predicted molar refractivity (Wildman–Crippen MR) is 121 cm³/mol. The molecule has 0 bridgehead atoms. The molecule has 4 rings (SSSR count). The highest BCUT2D eigenvalue weighted by molar-refractivity contribution is 7.84. The van der Waals surface area contributed by atoms with Gasteiger partial charge >= 0.3 is 6.01 Å². The van der Waals surface area contributed by atoms with Crippen LogP contribution in [0.3, 0.4) is 0 Å². The molecule has 10 heteroatoms. The first-order valence-corrected chi connectivity index (χ1v) is 12.8. The van der Waals surface area contributed by atoms with Gasteiger partial charge in [0.15, 0.2) is 11.6 Å². The number of nitrogens with zero attached hydrogens (tertiary/aromatic N) is 5. The second-order valence-electron chi connectivity index (χ2n) is 8.10. The molecule has 1 fully saturated rings. The summed E-state index contributed by atoms with van der Waals surface area (Å²) in [5, 5.41) is 4.64. The van der Waals surface area contributed by atoms with Crippen molar-refractivity contribution >= 4 is 28.3 Å². The number of ether oxygens (including phenoxy) is 1. The van der Waals surface area contributed by atoms with Gasteiger partial charge in [-0.2, -0.15) is 14.3 Å². The Bertz CT molecular complexity index is 1030. The standard InChI is InChI=1S/C21H27N5O3S2/c1-13(2)18-22-20(29-24-18)26-11-9-15(10-12-26)14(3)28-21-23-19(25-30-21)16-5-7-17(8-6-16)31(4)27/h5-8,13-15H,9-12H2,1-4H3. The summed E-state index contributed by atoms with van der Waals surface area (Å²) in [4.78, 5) is 12.0. The fourth-order valence-electron chi connectivity index (χ4n) is 3.58. The van der Waals surface area contributed by atoms with Crippen molar-refractivity contribution in [2.75, 3.05) is 24.2 Å². The third kappa shape index (κ3) is 5.12. The van der Waals surface area contributed by atoms with Crippen LogP contribution in [0.1, 0.15) is 45.4 Å². The van der Waals surface area contributed by atoms with Gasteiger partial charge in [0.2, 0.25) is 0 Å². The number of rotatable bonds is 7. The van der Waals surface area contributed by atoms with Crippen molar-refractivity contribution in [2.45, 2.75) is 50.5 Å². The smallest absolute Gasteiger partial charge is 0.324 e. The summed E-state index contributed by atoms with van der Waals surface area (Å²) in [7, 11) is -0.995. The lowest BCUT2D eigenvalue weighted by Gasteiger charge is -2.33. The Morgan fingerprint density at radius 2 is 1.87 bits per heavy atom. The summed E-state index contributed by atoms with van der Waals surface area (Å²) < 4.78 is 27.5. The lowest BCUT2D eigenvalue weighted by Crippen LogP contribution is -2.38. The lowest BCUT2D eigenvalue weighted by atomic mass is 9.92. The monoisotopic (exact) mass is 461 g/mol. The van der Waals surface area contributed by atoms with Crippen molar-refractivity contribution in [3.05, 3.63) is 30.1 Å². The van der Waals surface area contributed by atoms with Crippen LogP contribution in [0.25, 0.3) is 11.4 Å². The molecule has 0 aliphatic carbocycles. The van der Waals surface area contributed by atoms with Crippen molar-refractivity contribution in [1.29, 1.82) is 0 Å². The van der Waals surface area contributed by atoms with E-state index in [1.807, 2.05) is 24.3 Å². The van der Waals surface area contributed by atoms with E-state index in [-0.39, 0.29) is 12.0 Å². The van der Waals surface area contributed by atoms with E-state index in [2.05, 4.69) is 45.2 Å². The van der Waals surface area contributed by atoms with Crippen LogP contribution >= 0.6 is 11.5 Å². The van der Waals surface area contributed by atoms with Gasteiger partial charge in [-0.15, -0.1) is 0 Å². The van der Waals surface area contributed by atoms with Crippen molar-refractivity contribution < 1.29 is 13.5 Å². The number of aromatic nitrogens is 4. The van der Waals surface area contributed by atoms with Crippen LogP contribution in [0.5, 0.6) is 5.19 Å². The summed E-state index contributed by atoms with van der Waals surface area (Å²) in [6.07, 6.45) is 3.68. The molecule has 3 aromatic rings. The molecule has 3 heterocycles. The van der Waals surface area contributed by atoms with E-state index in [9.17, 15) is 4.21 Å². The number of hydrogen-bond donors (Lipinski definition) is 0. The first-order valence-electron chi connectivity index (χ1n) is 10.4. The molecule has 1 aliphatic rings. The SMILES string of the molecule is CC(C)c1noc(N2CCC(C(C)Oc3nc(-c4ccc(S(C)=O)cc4)ns3)CC2)n1. The minimum absolute atomic E-state index is 0.0433. The Balaban J connectivity index is 1.32. The van der Waals surface area contributed by atoms with Crippen molar-refractivity contribution in [2.24, 2.45) is 5.92 Å². The van der Waals surface area contributed by atoms with E-state index in [0.717, 1.165) is 42.2 Å². The van der Waals surface area contributed by atoms with Gasteiger partial charge in [0.25, 0.3) is 5.19 Å². The first kappa shape index (κ1) is 21.9. The Morgan fingerprint density at radius 1 is 1.16 bits per heavy atom. The minimum Gasteiger partial charge on any atom is -0.466 e. The van der Waals surface area contributed by atoms with Crippen molar-refractivity contribution in [1.82, 2.24) is 19.5 Å². The Morgan fingerprint density at radius 3 is 2.48 bits per heavy atom. The molecule has 1 aromatic carbocycles. The zero-order valence-electron chi connectivity index (χ0n) is 18.1. The number of hydrogen-bond acceptors (Lipinski definition) is 9. The summed E-state index contributed by atoms with van der Waals surface area (Å²) in [5.74, 6) is 2.06. The Kier molecular flexibility index (Phi) is 6.66. The van der Waals surface area contributed by atoms with Gasteiger partial charge < -0.3 is 14.2 Å². The highest BCUT2D eigenvalue weighted by atomic mass is 32.2. The second-order valence-corrected chi connectivity index (χ2v) is 10.2. The molecular formula is C21H27N5O3S2. The van der Waals surface area contributed by atoms with E-state index < -0.39 is 10.8 Å². The molecule has 8 nitrogen and oxygen atoms in total. The van der Waals surface area contributed by atoms with E-state index in [4.69, 9.17) is 9.26 Å². The first-order chi connectivity index (χ1) is 14.9. The van der Waals surface area contributed by atoms with E-state index in [1.54, 1.807) is 6.26 Å². The van der Waals surface area contributed by atoms with Gasteiger partial charge in [0.1, 0.15) is 6.10 Å². The molecule has 2 aromatic heterocycles. The summed E-state index contributed by atoms with van der Waals surface area (Å²) >= 11 is 1.26. The van der Waals surface area contributed by atoms with Gasteiger partial charge in [-0.1, -0.05) is 19.0 Å². The highest BCUT2D eigenvalue weighted by Gasteiger charge is 2.28. The average Bonchev–Trinajstić information content (AvgIpc) is 3.44. The van der Waals surface area contributed by atoms with Gasteiger partial charge in [-0.3, -0.25) is 4.21 Å². The number of piperidine rings is 1. The molecule has 2 unspecified atom stereocenters. The van der Waals surface area contributed by atoms with E-state index in [1.165, 1.54) is 11.5 Å². The maximum atomic E-state index is 11.5. The topological polar surface area (TPSA) is 94.2 Å². The van der Waals surface area contributed by atoms with Crippen LogP contribution in [-0.2, 0) is 10.8 Å². The van der Waals surface area contributed by atoms with Crippen molar-refractivity contribution in [3.8, 4) is 16.6 Å². The lowest BCUT2D eigenvalue weighted by molar-refractivity contribution is 0.131. The van der Waals surface area contributed by atoms with Gasteiger partial charge in [0, 0.05) is 58.1 Å². The van der Waals surface area contributed by atoms with Crippen LogP contribution < -0.4 is 9.64 Å². The fourth-order valence-corrected chi connectivity index (χ4v) is 4.73. The molecule has 0 N–H and O–H groups in total. The van der Waals surface area contributed by atoms with Crippen LogP contribution in [0.15, 0.2) is 33.7 Å². The molecule has 2 atom stereocenters. The number of benzene rings is 1. The van der Waals surface area contributed by atoms with Gasteiger partial charge in [-0.25, -0.2) is 0 Å². The minimum atomic E-state index is -0.995. The maximum Gasteiger partial charge on any atom is 0.324 e. The van der Waals surface area contributed by atoms with Crippen LogP contribution in [0.2, 0.25) is 0 Å². The fraction of sp³-hybridized carbons (Fsp3) is 0.524. The molecule has 0 radical (unpaired) electrons. The summed E-state index contributed by atoms with van der Waals surface area (Å²) in [6.45, 7) is 7.94. The second kappa shape index (κ2) is 9.44. The van der Waals surface area contributed by atoms with Gasteiger partial charge in [-0.05, 0) is 49.9 Å². The molecule has 1 aliphatic heterocycles. The largest absolute Gasteiger partial charge is 0.466 e. The number of anilines is 1. The van der Waals surface area contributed by atoms with Crippen LogP contribution in [0, 0.1) is 5.92 Å². The molecule has 31 heavy (non-hydrogen) atoms. The Labute approximate surface area is 188 Å². The molecule has 0 saturated carbocycles. The molecule has 1 saturated heterocycles. The molecule has 0 spiro atoms.